The van der Waals surface area contributed by atoms with Gasteiger partial charge in [0.15, 0.2) is 0 Å². The van der Waals surface area contributed by atoms with Crippen molar-refractivity contribution in [1.82, 2.24) is 0 Å². The van der Waals surface area contributed by atoms with Gasteiger partial charge in [0, 0.05) is 6.04 Å². The van der Waals surface area contributed by atoms with Gasteiger partial charge in [0.05, 0.1) is 0 Å². The number of hydrogen-bond acceptors (Lipinski definition) is 2. The highest BCUT2D eigenvalue weighted by molar-refractivity contribution is 5.29. The van der Waals surface area contributed by atoms with E-state index in [1.165, 1.54) is 6.07 Å². The van der Waals surface area contributed by atoms with Crippen molar-refractivity contribution in [1.29, 1.82) is 0 Å². The zero-order valence-electron chi connectivity index (χ0n) is 8.46. The summed E-state index contributed by atoms with van der Waals surface area (Å²) in [6.07, 6.45) is 1.68. The van der Waals surface area contributed by atoms with Crippen molar-refractivity contribution in [2.45, 2.75) is 25.8 Å². The molecule has 0 aliphatic carbocycles. The molecule has 3 heteroatoms. The van der Waals surface area contributed by atoms with E-state index < -0.39 is 0 Å². The van der Waals surface area contributed by atoms with E-state index in [-0.39, 0.29) is 11.9 Å². The van der Waals surface area contributed by atoms with Crippen molar-refractivity contribution in [3.05, 3.63) is 35.1 Å². The van der Waals surface area contributed by atoms with Gasteiger partial charge in [0.25, 0.3) is 0 Å². The van der Waals surface area contributed by atoms with Crippen molar-refractivity contribution in [2.24, 2.45) is 11.5 Å². The largest absolute Gasteiger partial charge is 0.330 e. The Morgan fingerprint density at radius 1 is 1.43 bits per heavy atom. The first-order chi connectivity index (χ1) is 6.66. The van der Waals surface area contributed by atoms with Crippen molar-refractivity contribution in [2.75, 3.05) is 6.54 Å². The molecule has 0 fully saturated rings. The van der Waals surface area contributed by atoms with E-state index in [1.54, 1.807) is 13.0 Å². The summed E-state index contributed by atoms with van der Waals surface area (Å²) in [5, 5.41) is 0. The van der Waals surface area contributed by atoms with Gasteiger partial charge in [-0.2, -0.15) is 0 Å². The minimum absolute atomic E-state index is 0.103. The summed E-state index contributed by atoms with van der Waals surface area (Å²) in [5.74, 6) is -0.189. The van der Waals surface area contributed by atoms with Crippen molar-refractivity contribution in [3.63, 3.8) is 0 Å². The number of rotatable bonds is 4. The van der Waals surface area contributed by atoms with Gasteiger partial charge in [-0.25, -0.2) is 4.39 Å². The first-order valence-corrected chi connectivity index (χ1v) is 4.87. The van der Waals surface area contributed by atoms with Crippen LogP contribution < -0.4 is 11.5 Å². The summed E-state index contributed by atoms with van der Waals surface area (Å²) in [6.45, 7) is 2.38. The van der Waals surface area contributed by atoms with Crippen molar-refractivity contribution < 1.29 is 4.39 Å². The fraction of sp³-hybridized carbons (Fsp3) is 0.455. The molecule has 14 heavy (non-hydrogen) atoms. The molecular weight excluding hydrogens is 179 g/mol. The normalized spacial score (nSPS) is 12.9. The van der Waals surface area contributed by atoms with Crippen LogP contribution in [-0.4, -0.2) is 6.54 Å². The predicted octanol–water partition coefficient (Wildman–Crippen LogP) is 1.87. The molecule has 4 N–H and O–H groups in total. The summed E-state index contributed by atoms with van der Waals surface area (Å²) in [5.41, 5.74) is 12.9. The Morgan fingerprint density at radius 3 is 2.79 bits per heavy atom. The summed E-state index contributed by atoms with van der Waals surface area (Å²) in [6, 6.07) is 4.92. The molecule has 0 amide bonds. The molecule has 78 valence electrons. The molecule has 1 atom stereocenters. The summed E-state index contributed by atoms with van der Waals surface area (Å²) in [4.78, 5) is 0. The van der Waals surface area contributed by atoms with E-state index in [0.29, 0.717) is 12.1 Å². The number of halogens is 1. The Kier molecular flexibility index (Phi) is 4.04. The molecule has 0 bridgehead atoms. The Labute approximate surface area is 84.1 Å². The zero-order valence-corrected chi connectivity index (χ0v) is 8.46. The first kappa shape index (κ1) is 11.1. The minimum atomic E-state index is -0.189. The zero-order chi connectivity index (χ0) is 10.6. The maximum Gasteiger partial charge on any atom is 0.126 e. The monoisotopic (exact) mass is 196 g/mol. The predicted molar refractivity (Wildman–Crippen MR) is 56.4 cm³/mol. The number of benzene rings is 1. The van der Waals surface area contributed by atoms with Gasteiger partial charge in [-0.3, -0.25) is 0 Å². The lowest BCUT2D eigenvalue weighted by Crippen LogP contribution is -2.14. The van der Waals surface area contributed by atoms with Crippen molar-refractivity contribution >= 4 is 0 Å². The smallest absolute Gasteiger partial charge is 0.126 e. The average molecular weight is 196 g/mol. The Balaban J connectivity index is 2.79. The number of hydrogen-bond donors (Lipinski definition) is 2. The van der Waals surface area contributed by atoms with E-state index in [0.717, 1.165) is 18.4 Å². The van der Waals surface area contributed by atoms with E-state index in [9.17, 15) is 4.39 Å². The molecule has 0 aliphatic rings. The third-order valence-electron chi connectivity index (χ3n) is 2.43. The SMILES string of the molecule is Cc1c(F)cccc1[C@H](N)CCCN. The molecule has 1 aromatic carbocycles. The Bertz CT molecular complexity index is 299. The molecule has 0 aromatic heterocycles. The third-order valence-corrected chi connectivity index (χ3v) is 2.43. The summed E-state index contributed by atoms with van der Waals surface area (Å²) in [7, 11) is 0. The van der Waals surface area contributed by atoms with E-state index >= 15 is 0 Å². The molecule has 0 saturated carbocycles. The molecule has 0 saturated heterocycles. The average Bonchev–Trinajstić information content (AvgIpc) is 2.18. The Hall–Kier alpha value is -0.930. The number of nitrogens with two attached hydrogens (primary N) is 2. The van der Waals surface area contributed by atoms with Gasteiger partial charge in [0.1, 0.15) is 5.82 Å². The lowest BCUT2D eigenvalue weighted by Gasteiger charge is -2.14. The van der Waals surface area contributed by atoms with E-state index in [2.05, 4.69) is 0 Å². The molecule has 0 heterocycles. The lowest BCUT2D eigenvalue weighted by atomic mass is 9.98. The summed E-state index contributed by atoms with van der Waals surface area (Å²) < 4.78 is 13.2. The maximum absolute atomic E-state index is 13.2. The lowest BCUT2D eigenvalue weighted by molar-refractivity contribution is 0.587. The molecule has 2 nitrogen and oxygen atoms in total. The highest BCUT2D eigenvalue weighted by Gasteiger charge is 2.10. The second kappa shape index (κ2) is 5.08. The highest BCUT2D eigenvalue weighted by atomic mass is 19.1. The standard InChI is InChI=1S/C11H17FN2/c1-8-9(4-2-5-10(8)12)11(14)6-3-7-13/h2,4-5,11H,3,6-7,13-14H2,1H3/t11-/m1/s1. The minimum Gasteiger partial charge on any atom is -0.330 e. The van der Waals surface area contributed by atoms with E-state index in [4.69, 9.17) is 11.5 Å². The molecule has 1 aromatic rings. The molecule has 1 rings (SSSR count). The maximum atomic E-state index is 13.2. The van der Waals surface area contributed by atoms with Crippen LogP contribution in [0.1, 0.15) is 30.0 Å². The Morgan fingerprint density at radius 2 is 2.14 bits per heavy atom. The van der Waals surface area contributed by atoms with Crippen LogP contribution in [-0.2, 0) is 0 Å². The van der Waals surface area contributed by atoms with Gasteiger partial charge in [-0.15, -0.1) is 0 Å². The molecule has 0 unspecified atom stereocenters. The van der Waals surface area contributed by atoms with Crippen LogP contribution in [0.5, 0.6) is 0 Å². The highest BCUT2D eigenvalue weighted by Crippen LogP contribution is 2.21. The van der Waals surface area contributed by atoms with Crippen LogP contribution in [0.15, 0.2) is 18.2 Å². The van der Waals surface area contributed by atoms with Crippen molar-refractivity contribution in [3.8, 4) is 0 Å². The topological polar surface area (TPSA) is 52.0 Å². The van der Waals surface area contributed by atoms with Crippen LogP contribution in [0.4, 0.5) is 4.39 Å². The van der Waals surface area contributed by atoms with Gasteiger partial charge in [-0.1, -0.05) is 12.1 Å². The third kappa shape index (κ3) is 2.53. The molecular formula is C11H17FN2. The van der Waals surface area contributed by atoms with Gasteiger partial charge < -0.3 is 11.5 Å². The molecule has 0 aliphatic heterocycles. The van der Waals surface area contributed by atoms with Crippen LogP contribution in [0.2, 0.25) is 0 Å². The fourth-order valence-electron chi connectivity index (χ4n) is 1.52. The van der Waals surface area contributed by atoms with E-state index in [1.807, 2.05) is 6.07 Å². The van der Waals surface area contributed by atoms with Crippen LogP contribution in [0.25, 0.3) is 0 Å². The van der Waals surface area contributed by atoms with Crippen LogP contribution in [0.3, 0.4) is 0 Å². The van der Waals surface area contributed by atoms with Gasteiger partial charge >= 0.3 is 0 Å². The van der Waals surface area contributed by atoms with Crippen LogP contribution >= 0.6 is 0 Å². The van der Waals surface area contributed by atoms with Crippen LogP contribution in [0, 0.1) is 12.7 Å². The second-order valence-electron chi connectivity index (χ2n) is 3.49. The summed E-state index contributed by atoms with van der Waals surface area (Å²) >= 11 is 0. The second-order valence-corrected chi connectivity index (χ2v) is 3.49. The molecule has 0 spiro atoms. The quantitative estimate of drug-likeness (QED) is 0.772. The van der Waals surface area contributed by atoms with Gasteiger partial charge in [0.2, 0.25) is 0 Å². The first-order valence-electron chi connectivity index (χ1n) is 4.87. The fourth-order valence-corrected chi connectivity index (χ4v) is 1.52. The van der Waals surface area contributed by atoms with Gasteiger partial charge in [-0.05, 0) is 43.5 Å². The molecule has 0 radical (unpaired) electrons.